The molecule has 1 saturated carbocycles. The van der Waals surface area contributed by atoms with E-state index in [9.17, 15) is 15.0 Å². The molecule has 0 unspecified atom stereocenters. The second-order valence-electron chi connectivity index (χ2n) is 5.63. The van der Waals surface area contributed by atoms with Crippen LogP contribution in [-0.4, -0.2) is 42.9 Å². The highest BCUT2D eigenvalue weighted by molar-refractivity contribution is 5.70. The van der Waals surface area contributed by atoms with Crippen LogP contribution in [0.1, 0.15) is 25.3 Å². The summed E-state index contributed by atoms with van der Waals surface area (Å²) in [6.07, 6.45) is 4.00. The fourth-order valence-corrected chi connectivity index (χ4v) is 3.23. The summed E-state index contributed by atoms with van der Waals surface area (Å²) in [6.45, 7) is 0.137. The Morgan fingerprint density at radius 2 is 2.10 bits per heavy atom. The largest absolute Gasteiger partial charge is 0.396 e. The third-order valence-electron chi connectivity index (χ3n) is 4.43. The maximum absolute atomic E-state index is 11.8. The number of hydrogen-bond donors (Lipinski definition) is 4. The fourth-order valence-electron chi connectivity index (χ4n) is 3.23. The number of nitrogen functional groups attached to an aromatic ring is 1. The van der Waals surface area contributed by atoms with E-state index in [1.807, 2.05) is 4.57 Å². The second-order valence-corrected chi connectivity index (χ2v) is 5.63. The molecule has 0 radical (unpaired) electrons. The maximum Gasteiger partial charge on any atom is 0.280 e. The highest BCUT2D eigenvalue weighted by atomic mass is 16.3. The van der Waals surface area contributed by atoms with Gasteiger partial charge in [0.2, 0.25) is 5.95 Å². The summed E-state index contributed by atoms with van der Waals surface area (Å²) in [5, 5.41) is 18.8. The number of fused-ring (bicyclic) bond motifs is 1. The van der Waals surface area contributed by atoms with Crippen LogP contribution in [0.3, 0.4) is 0 Å². The number of aliphatic hydroxyl groups excluding tert-OH is 2. The van der Waals surface area contributed by atoms with Gasteiger partial charge in [-0.2, -0.15) is 4.98 Å². The summed E-state index contributed by atoms with van der Waals surface area (Å²) >= 11 is 0. The quantitative estimate of drug-likeness (QED) is 0.611. The van der Waals surface area contributed by atoms with Gasteiger partial charge in [0, 0.05) is 19.3 Å². The van der Waals surface area contributed by atoms with Crippen LogP contribution in [0.2, 0.25) is 0 Å². The molecular weight excluding hydrogens is 274 g/mol. The Labute approximate surface area is 120 Å². The van der Waals surface area contributed by atoms with E-state index < -0.39 is 0 Å². The maximum atomic E-state index is 11.8. The Kier molecular flexibility index (Phi) is 3.64. The molecule has 0 aromatic carbocycles. The second kappa shape index (κ2) is 5.45. The molecule has 2 aromatic heterocycles. The van der Waals surface area contributed by atoms with E-state index in [1.165, 1.54) is 0 Å². The van der Waals surface area contributed by atoms with Crippen molar-refractivity contribution in [3.63, 3.8) is 0 Å². The Hall–Kier alpha value is -1.93. The first-order valence-electron chi connectivity index (χ1n) is 7.08. The smallest absolute Gasteiger partial charge is 0.280 e. The number of imidazole rings is 1. The van der Waals surface area contributed by atoms with E-state index in [4.69, 9.17) is 5.73 Å². The van der Waals surface area contributed by atoms with Gasteiger partial charge in [0.15, 0.2) is 11.2 Å². The molecule has 0 saturated heterocycles. The molecule has 0 amide bonds. The van der Waals surface area contributed by atoms with Crippen molar-refractivity contribution in [2.75, 3.05) is 18.9 Å². The topological polar surface area (TPSA) is 130 Å². The number of aromatic amines is 1. The van der Waals surface area contributed by atoms with Crippen molar-refractivity contribution < 1.29 is 10.2 Å². The molecule has 0 bridgehead atoms. The lowest BCUT2D eigenvalue weighted by molar-refractivity contribution is 0.0678. The first kappa shape index (κ1) is 14.0. The first-order chi connectivity index (χ1) is 10.1. The van der Waals surface area contributed by atoms with Crippen molar-refractivity contribution in [3.05, 3.63) is 16.7 Å². The molecule has 5 N–H and O–H groups in total. The Bertz CT molecular complexity index is 695. The predicted molar refractivity (Wildman–Crippen MR) is 76.6 cm³/mol. The number of aromatic nitrogens is 4. The monoisotopic (exact) mass is 293 g/mol. The molecule has 8 nitrogen and oxygen atoms in total. The van der Waals surface area contributed by atoms with Crippen molar-refractivity contribution >= 4 is 17.1 Å². The Balaban J connectivity index is 1.96. The molecule has 0 aliphatic heterocycles. The number of nitrogens with two attached hydrogens (primary N) is 1. The van der Waals surface area contributed by atoms with Crippen LogP contribution in [0.4, 0.5) is 5.95 Å². The van der Waals surface area contributed by atoms with Gasteiger partial charge < -0.3 is 20.5 Å². The fraction of sp³-hybridized carbons (Fsp3) is 0.615. The zero-order chi connectivity index (χ0) is 15.0. The van der Waals surface area contributed by atoms with Crippen molar-refractivity contribution in [3.8, 4) is 0 Å². The predicted octanol–water partition coefficient (Wildman–Crippen LogP) is -0.356. The molecule has 3 atom stereocenters. The molecule has 1 aliphatic carbocycles. The molecular formula is C13H19N5O3. The summed E-state index contributed by atoms with van der Waals surface area (Å²) in [7, 11) is 0. The molecule has 21 heavy (non-hydrogen) atoms. The van der Waals surface area contributed by atoms with Gasteiger partial charge in [-0.15, -0.1) is 0 Å². The molecule has 2 aromatic rings. The minimum absolute atomic E-state index is 0.0461. The number of nitrogens with one attached hydrogen (secondary N) is 1. The standard InChI is InChI=1S/C13H19N5O3/c14-13-16-11-10(12(21)17-13)15-6-18(11)9-2-1-7(4-19)8(3-9)5-20/h6-9,19-20H,1-5H2,(H3,14,16,17,21)/t7-,8+,9-/m1/s1. The van der Waals surface area contributed by atoms with Crippen molar-refractivity contribution in [2.45, 2.75) is 25.3 Å². The third kappa shape index (κ3) is 2.40. The third-order valence-corrected chi connectivity index (χ3v) is 4.43. The van der Waals surface area contributed by atoms with Gasteiger partial charge in [0.05, 0.1) is 6.33 Å². The van der Waals surface area contributed by atoms with Crippen molar-refractivity contribution in [1.29, 1.82) is 0 Å². The molecule has 3 rings (SSSR count). The van der Waals surface area contributed by atoms with Crippen LogP contribution < -0.4 is 11.3 Å². The lowest BCUT2D eigenvalue weighted by atomic mass is 9.77. The van der Waals surface area contributed by atoms with E-state index in [2.05, 4.69) is 15.0 Å². The first-order valence-corrected chi connectivity index (χ1v) is 7.08. The van der Waals surface area contributed by atoms with Crippen molar-refractivity contribution in [2.24, 2.45) is 11.8 Å². The van der Waals surface area contributed by atoms with Crippen molar-refractivity contribution in [1.82, 2.24) is 19.5 Å². The molecule has 1 fully saturated rings. The van der Waals surface area contributed by atoms with E-state index >= 15 is 0 Å². The van der Waals surface area contributed by atoms with Crippen LogP contribution in [0, 0.1) is 11.8 Å². The van der Waals surface area contributed by atoms with E-state index in [1.54, 1.807) is 6.33 Å². The van der Waals surface area contributed by atoms with Crippen LogP contribution in [0.15, 0.2) is 11.1 Å². The van der Waals surface area contributed by atoms with Gasteiger partial charge in [0.1, 0.15) is 0 Å². The van der Waals surface area contributed by atoms with Crippen LogP contribution in [-0.2, 0) is 0 Å². The average molecular weight is 293 g/mol. The lowest BCUT2D eigenvalue weighted by Crippen LogP contribution is -2.31. The highest BCUT2D eigenvalue weighted by Gasteiger charge is 2.31. The lowest BCUT2D eigenvalue weighted by Gasteiger charge is -2.34. The number of aliphatic hydroxyl groups is 2. The highest BCUT2D eigenvalue weighted by Crippen LogP contribution is 2.37. The number of hydrogen-bond acceptors (Lipinski definition) is 6. The van der Waals surface area contributed by atoms with Gasteiger partial charge >= 0.3 is 0 Å². The van der Waals surface area contributed by atoms with Gasteiger partial charge in [-0.1, -0.05) is 0 Å². The summed E-state index contributed by atoms with van der Waals surface area (Å²) in [5.41, 5.74) is 6.00. The van der Waals surface area contributed by atoms with Crippen LogP contribution in [0.5, 0.6) is 0 Å². The van der Waals surface area contributed by atoms with Gasteiger partial charge in [-0.3, -0.25) is 9.78 Å². The average Bonchev–Trinajstić information content (AvgIpc) is 2.90. The summed E-state index contributed by atoms with van der Waals surface area (Å²) in [6, 6.07) is 0.101. The number of H-pyrrole nitrogens is 1. The molecule has 0 spiro atoms. The molecule has 8 heteroatoms. The van der Waals surface area contributed by atoms with Crippen LogP contribution in [0.25, 0.3) is 11.2 Å². The van der Waals surface area contributed by atoms with Gasteiger partial charge in [-0.05, 0) is 31.1 Å². The Morgan fingerprint density at radius 3 is 2.81 bits per heavy atom. The van der Waals surface area contributed by atoms with Crippen LogP contribution >= 0.6 is 0 Å². The number of rotatable bonds is 3. The van der Waals surface area contributed by atoms with E-state index in [0.717, 1.165) is 19.3 Å². The minimum Gasteiger partial charge on any atom is -0.396 e. The van der Waals surface area contributed by atoms with E-state index in [0.29, 0.717) is 5.65 Å². The summed E-state index contributed by atoms with van der Waals surface area (Å²) in [5.74, 6) is 0.241. The zero-order valence-corrected chi connectivity index (χ0v) is 11.6. The molecule has 2 heterocycles. The number of nitrogens with zero attached hydrogens (tertiary/aromatic N) is 3. The zero-order valence-electron chi connectivity index (χ0n) is 11.6. The molecule has 1 aliphatic rings. The Morgan fingerprint density at radius 1 is 1.33 bits per heavy atom. The molecule has 114 valence electrons. The summed E-state index contributed by atoms with van der Waals surface area (Å²) in [4.78, 5) is 22.5. The normalized spacial score (nSPS) is 26.3. The number of anilines is 1. The van der Waals surface area contributed by atoms with Gasteiger partial charge in [0.25, 0.3) is 5.56 Å². The summed E-state index contributed by atoms with van der Waals surface area (Å²) < 4.78 is 1.86. The van der Waals surface area contributed by atoms with Gasteiger partial charge in [-0.25, -0.2) is 4.98 Å². The van der Waals surface area contributed by atoms with E-state index in [-0.39, 0.29) is 48.1 Å². The SMILES string of the molecule is Nc1nc2c(ncn2[C@@H]2CC[C@H](CO)[C@H](CO)C2)c(=O)[nH]1. The minimum atomic E-state index is -0.348.